The van der Waals surface area contributed by atoms with Gasteiger partial charge in [0.05, 0.1) is 12.0 Å². The van der Waals surface area contributed by atoms with Gasteiger partial charge in [0.2, 0.25) is 5.91 Å². The minimum atomic E-state index is -0.670. The van der Waals surface area contributed by atoms with E-state index < -0.39 is 11.5 Å². The van der Waals surface area contributed by atoms with Crippen LogP contribution in [-0.2, 0) is 9.53 Å². The van der Waals surface area contributed by atoms with Crippen LogP contribution in [-0.4, -0.2) is 18.6 Å². The predicted octanol–water partition coefficient (Wildman–Crippen LogP) is 2.25. The summed E-state index contributed by atoms with van der Waals surface area (Å²) in [5, 5.41) is 2.28. The molecule has 2 amide bonds. The van der Waals surface area contributed by atoms with Gasteiger partial charge >= 0.3 is 6.09 Å². The number of carbonyl (C=O) groups is 2. The van der Waals surface area contributed by atoms with Gasteiger partial charge in [-0.3, -0.25) is 10.1 Å². The first-order valence-electron chi connectivity index (χ1n) is 5.49. The highest BCUT2D eigenvalue weighted by Crippen LogP contribution is 2.47. The maximum Gasteiger partial charge on any atom is 0.413 e. The second kappa shape index (κ2) is 4.28. The zero-order valence-electron chi connectivity index (χ0n) is 10.3. The van der Waals surface area contributed by atoms with Crippen LogP contribution in [0.1, 0.15) is 34.1 Å². The lowest BCUT2D eigenvalue weighted by molar-refractivity contribution is -0.133. The molecule has 90 valence electrons. The van der Waals surface area contributed by atoms with Crippen LogP contribution in [0.2, 0.25) is 0 Å². The zero-order valence-corrected chi connectivity index (χ0v) is 10.3. The number of amides is 2. The highest BCUT2D eigenvalue weighted by atomic mass is 16.5. The smallest absolute Gasteiger partial charge is 0.413 e. The molecule has 0 fully saturated rings. The normalized spacial score (nSPS) is 26.5. The van der Waals surface area contributed by atoms with E-state index in [9.17, 15) is 9.59 Å². The van der Waals surface area contributed by atoms with Crippen LogP contribution in [0, 0.1) is 10.8 Å². The third-order valence-corrected chi connectivity index (χ3v) is 3.47. The van der Waals surface area contributed by atoms with E-state index in [0.29, 0.717) is 6.42 Å². The molecule has 0 saturated carbocycles. The summed E-state index contributed by atoms with van der Waals surface area (Å²) in [4.78, 5) is 23.2. The number of imide groups is 1. The molecule has 0 unspecified atom stereocenters. The van der Waals surface area contributed by atoms with Crippen LogP contribution < -0.4 is 5.32 Å². The molecule has 1 aliphatic carbocycles. The summed E-state index contributed by atoms with van der Waals surface area (Å²) in [7, 11) is 0. The van der Waals surface area contributed by atoms with E-state index in [4.69, 9.17) is 4.74 Å². The molecule has 0 aromatic rings. The zero-order chi connectivity index (χ0) is 12.4. The summed E-state index contributed by atoms with van der Waals surface area (Å²) in [6.07, 6.45) is 3.96. The van der Waals surface area contributed by atoms with Gasteiger partial charge in [-0.2, -0.15) is 0 Å². The third-order valence-electron chi connectivity index (χ3n) is 3.47. The Morgan fingerprint density at radius 3 is 2.44 bits per heavy atom. The molecule has 0 radical (unpaired) electrons. The van der Waals surface area contributed by atoms with E-state index in [1.807, 2.05) is 32.9 Å². The van der Waals surface area contributed by atoms with Crippen molar-refractivity contribution >= 4 is 12.0 Å². The van der Waals surface area contributed by atoms with E-state index in [-0.39, 0.29) is 17.9 Å². The first-order valence-corrected chi connectivity index (χ1v) is 5.49. The summed E-state index contributed by atoms with van der Waals surface area (Å²) >= 11 is 0. The number of nitrogens with one attached hydrogen (secondary N) is 1. The van der Waals surface area contributed by atoms with Crippen molar-refractivity contribution in [2.24, 2.45) is 10.8 Å². The van der Waals surface area contributed by atoms with Gasteiger partial charge in [-0.15, -0.1) is 0 Å². The topological polar surface area (TPSA) is 55.4 Å². The number of hydrogen-bond donors (Lipinski definition) is 1. The summed E-state index contributed by atoms with van der Waals surface area (Å²) in [6.45, 7) is 7.80. The molecule has 16 heavy (non-hydrogen) atoms. The Morgan fingerprint density at radius 1 is 1.38 bits per heavy atom. The van der Waals surface area contributed by atoms with Crippen LogP contribution in [0.5, 0.6) is 0 Å². The molecule has 0 heterocycles. The van der Waals surface area contributed by atoms with E-state index in [0.717, 1.165) is 0 Å². The predicted molar refractivity (Wildman–Crippen MR) is 60.8 cm³/mol. The van der Waals surface area contributed by atoms with Crippen molar-refractivity contribution in [2.75, 3.05) is 6.61 Å². The molecule has 4 nitrogen and oxygen atoms in total. The molecule has 0 aromatic carbocycles. The van der Waals surface area contributed by atoms with Gasteiger partial charge < -0.3 is 4.74 Å². The summed E-state index contributed by atoms with van der Waals surface area (Å²) in [5.41, 5.74) is -0.830. The lowest BCUT2D eigenvalue weighted by Gasteiger charge is -2.36. The number of allylic oxidation sites excluding steroid dienone is 2. The lowest BCUT2D eigenvalue weighted by atomic mass is 9.68. The van der Waals surface area contributed by atoms with Gasteiger partial charge in [0, 0.05) is 0 Å². The Balaban J connectivity index is 2.71. The summed E-state index contributed by atoms with van der Waals surface area (Å²) in [6, 6.07) is 0. The summed E-state index contributed by atoms with van der Waals surface area (Å²) in [5.74, 6) is -0.277. The molecular formula is C12H19NO3. The molecule has 1 aliphatic rings. The molecule has 0 aliphatic heterocycles. The fraction of sp³-hybridized carbons (Fsp3) is 0.667. The maximum absolute atomic E-state index is 12.0. The van der Waals surface area contributed by atoms with Gasteiger partial charge in [0.25, 0.3) is 0 Å². The van der Waals surface area contributed by atoms with Gasteiger partial charge in [0.15, 0.2) is 0 Å². The van der Waals surface area contributed by atoms with E-state index in [1.165, 1.54) is 0 Å². The van der Waals surface area contributed by atoms with Crippen molar-refractivity contribution in [3.05, 3.63) is 12.2 Å². The third kappa shape index (κ3) is 2.10. The number of ether oxygens (including phenoxy) is 1. The van der Waals surface area contributed by atoms with E-state index >= 15 is 0 Å². The molecular weight excluding hydrogens is 206 g/mol. The van der Waals surface area contributed by atoms with Gasteiger partial charge in [-0.05, 0) is 25.7 Å². The second-order valence-corrected chi connectivity index (χ2v) is 4.83. The van der Waals surface area contributed by atoms with Crippen molar-refractivity contribution in [1.82, 2.24) is 5.32 Å². The number of carbonyl (C=O) groups excluding carboxylic acids is 2. The number of alkyl carbamates (subject to hydrolysis) is 1. The van der Waals surface area contributed by atoms with E-state index in [2.05, 4.69) is 5.32 Å². The van der Waals surface area contributed by atoms with Crippen LogP contribution >= 0.6 is 0 Å². The average molecular weight is 225 g/mol. The quantitative estimate of drug-likeness (QED) is 0.733. The minimum Gasteiger partial charge on any atom is -0.450 e. The van der Waals surface area contributed by atoms with E-state index in [1.54, 1.807) is 6.92 Å². The largest absolute Gasteiger partial charge is 0.450 e. The molecule has 1 N–H and O–H groups in total. The highest BCUT2D eigenvalue weighted by Gasteiger charge is 2.48. The fourth-order valence-electron chi connectivity index (χ4n) is 1.82. The number of rotatable bonds is 2. The minimum absolute atomic E-state index is 0.246. The van der Waals surface area contributed by atoms with Crippen LogP contribution in [0.15, 0.2) is 12.2 Å². The first-order chi connectivity index (χ1) is 7.33. The van der Waals surface area contributed by atoms with Crippen LogP contribution in [0.25, 0.3) is 0 Å². The molecule has 0 aromatic heterocycles. The van der Waals surface area contributed by atoms with Crippen molar-refractivity contribution in [1.29, 1.82) is 0 Å². The van der Waals surface area contributed by atoms with Crippen molar-refractivity contribution < 1.29 is 14.3 Å². The van der Waals surface area contributed by atoms with Crippen molar-refractivity contribution in [3.63, 3.8) is 0 Å². The van der Waals surface area contributed by atoms with Crippen LogP contribution in [0.4, 0.5) is 4.79 Å². The first kappa shape index (κ1) is 12.7. The average Bonchev–Trinajstić information content (AvgIpc) is 2.42. The Bertz CT molecular complexity index is 333. The highest BCUT2D eigenvalue weighted by molar-refractivity contribution is 5.96. The van der Waals surface area contributed by atoms with Crippen molar-refractivity contribution in [3.8, 4) is 0 Å². The standard InChI is InChI=1S/C12H19NO3/c1-5-16-10(15)13-9(14)12(4)8-6-7-11(12,2)3/h6-7H,5,8H2,1-4H3,(H,13,14,15)/t12-/m0/s1. The van der Waals surface area contributed by atoms with Gasteiger partial charge in [0.1, 0.15) is 0 Å². The summed E-state index contributed by atoms with van der Waals surface area (Å²) < 4.78 is 4.69. The molecule has 4 heteroatoms. The lowest BCUT2D eigenvalue weighted by Crippen LogP contribution is -2.47. The van der Waals surface area contributed by atoms with Crippen molar-refractivity contribution in [2.45, 2.75) is 34.1 Å². The Hall–Kier alpha value is -1.32. The molecule has 1 atom stereocenters. The fourth-order valence-corrected chi connectivity index (χ4v) is 1.82. The van der Waals surface area contributed by atoms with Gasteiger partial charge in [-0.25, -0.2) is 4.79 Å². The number of hydrogen-bond acceptors (Lipinski definition) is 3. The monoisotopic (exact) mass is 225 g/mol. The second-order valence-electron chi connectivity index (χ2n) is 4.83. The molecule has 0 spiro atoms. The SMILES string of the molecule is CCOC(=O)NC(=O)[C@]1(C)CC=CC1(C)C. The molecule has 1 rings (SSSR count). The van der Waals surface area contributed by atoms with Crippen LogP contribution in [0.3, 0.4) is 0 Å². The Labute approximate surface area is 96.0 Å². The Kier molecular flexibility index (Phi) is 3.41. The van der Waals surface area contributed by atoms with Gasteiger partial charge in [-0.1, -0.05) is 26.0 Å². The molecule has 0 bridgehead atoms. The molecule has 0 saturated heterocycles. The Morgan fingerprint density at radius 2 is 2.00 bits per heavy atom. The maximum atomic E-state index is 12.0.